The molecule has 0 aromatic rings. The summed E-state index contributed by atoms with van der Waals surface area (Å²) in [5.41, 5.74) is 0. The molecule has 0 radical (unpaired) electrons. The normalized spacial score (nSPS) is 23.2. The Morgan fingerprint density at radius 2 is 2.33 bits per heavy atom. The largest absolute Gasteiger partial charge is 0.427 e. The van der Waals surface area contributed by atoms with Crippen molar-refractivity contribution >= 4 is 29.3 Å². The van der Waals surface area contributed by atoms with Crippen molar-refractivity contribution in [3.05, 3.63) is 9.94 Å². The predicted molar refractivity (Wildman–Crippen MR) is 44.5 cm³/mol. The molecule has 6 heteroatoms. The molecule has 68 valence electrons. The summed E-state index contributed by atoms with van der Waals surface area (Å²) in [4.78, 5) is 11.0. The van der Waals surface area contributed by atoms with Gasteiger partial charge >= 0.3 is 5.97 Å². The van der Waals surface area contributed by atoms with Crippen LogP contribution in [0.25, 0.3) is 0 Å². The number of rotatable bonds is 3. The Hall–Kier alpha value is -0.230. The van der Waals surface area contributed by atoms with Gasteiger partial charge in [-0.1, -0.05) is 11.6 Å². The van der Waals surface area contributed by atoms with Gasteiger partial charge in [-0.25, -0.2) is 4.79 Å². The van der Waals surface area contributed by atoms with E-state index in [1.54, 1.807) is 0 Å². The Bertz CT molecular complexity index is 228. The monoisotopic (exact) mass is 210 g/mol. The highest BCUT2D eigenvalue weighted by molar-refractivity contribution is 8.03. The zero-order valence-corrected chi connectivity index (χ0v) is 7.56. The van der Waals surface area contributed by atoms with Crippen LogP contribution in [0.15, 0.2) is 9.94 Å². The fourth-order valence-electron chi connectivity index (χ4n) is 0.706. The molecule has 2 N–H and O–H groups in total. The fraction of sp³-hybridized carbons (Fsp3) is 0.500. The van der Waals surface area contributed by atoms with Crippen molar-refractivity contribution in [2.75, 3.05) is 12.4 Å². The molecular weight excluding hydrogens is 204 g/mol. The van der Waals surface area contributed by atoms with Gasteiger partial charge in [0.25, 0.3) is 0 Å². The van der Waals surface area contributed by atoms with Crippen LogP contribution in [0.4, 0.5) is 0 Å². The average Bonchev–Trinajstić information content (AvgIpc) is 2.25. The minimum absolute atomic E-state index is 0.0424. The number of aliphatic hydroxyl groups excluding tert-OH is 2. The smallest absolute Gasteiger partial charge is 0.353 e. The van der Waals surface area contributed by atoms with E-state index in [9.17, 15) is 4.79 Å². The predicted octanol–water partition coefficient (Wildman–Crippen LogP) is 0.0375. The second kappa shape index (κ2) is 4.13. The van der Waals surface area contributed by atoms with E-state index in [4.69, 9.17) is 21.8 Å². The molecule has 0 spiro atoms. The summed E-state index contributed by atoms with van der Waals surface area (Å²) in [5.74, 6) is -0.344. The molecule has 1 unspecified atom stereocenters. The molecule has 1 aliphatic rings. The van der Waals surface area contributed by atoms with Gasteiger partial charge < -0.3 is 14.9 Å². The number of cyclic esters (lactones) is 1. The summed E-state index contributed by atoms with van der Waals surface area (Å²) >= 11 is 6.61. The zero-order chi connectivity index (χ0) is 9.14. The van der Waals surface area contributed by atoms with E-state index < -0.39 is 12.3 Å². The number of hydrogen-bond donors (Lipinski definition) is 2. The standard InChI is InChI=1S/C6H7ClO4S/c7-3-4(12-2-1-8)6(10)11-5(3)9/h6,8,10H,1-2H2. The van der Waals surface area contributed by atoms with Crippen LogP contribution in [0, 0.1) is 0 Å². The lowest BCUT2D eigenvalue weighted by Crippen LogP contribution is -2.08. The van der Waals surface area contributed by atoms with Crippen molar-refractivity contribution in [2.24, 2.45) is 0 Å². The van der Waals surface area contributed by atoms with Gasteiger partial charge in [0.15, 0.2) is 0 Å². The Morgan fingerprint density at radius 1 is 1.67 bits per heavy atom. The minimum atomic E-state index is -1.26. The molecule has 1 aliphatic heterocycles. The zero-order valence-electron chi connectivity index (χ0n) is 5.99. The van der Waals surface area contributed by atoms with Gasteiger partial charge in [-0.3, -0.25) is 0 Å². The molecule has 0 fully saturated rings. The van der Waals surface area contributed by atoms with E-state index in [1.807, 2.05) is 0 Å². The average molecular weight is 211 g/mol. The Morgan fingerprint density at radius 3 is 2.75 bits per heavy atom. The van der Waals surface area contributed by atoms with Crippen molar-refractivity contribution in [2.45, 2.75) is 6.29 Å². The lowest BCUT2D eigenvalue weighted by molar-refractivity contribution is -0.150. The van der Waals surface area contributed by atoms with Crippen LogP contribution in [0.1, 0.15) is 0 Å². The van der Waals surface area contributed by atoms with Crippen molar-refractivity contribution in [1.29, 1.82) is 0 Å². The highest BCUT2D eigenvalue weighted by Crippen LogP contribution is 2.32. The summed E-state index contributed by atoms with van der Waals surface area (Å²) in [5, 5.41) is 17.4. The van der Waals surface area contributed by atoms with Gasteiger partial charge in [-0.2, -0.15) is 0 Å². The summed E-state index contributed by atoms with van der Waals surface area (Å²) in [6.45, 7) is -0.0424. The highest BCUT2D eigenvalue weighted by Gasteiger charge is 2.31. The quantitative estimate of drug-likeness (QED) is 0.644. The number of carbonyl (C=O) groups is 1. The van der Waals surface area contributed by atoms with Gasteiger partial charge in [0.05, 0.1) is 11.5 Å². The number of esters is 1. The van der Waals surface area contributed by atoms with Gasteiger partial charge in [0.2, 0.25) is 6.29 Å². The van der Waals surface area contributed by atoms with Crippen LogP contribution in [0.2, 0.25) is 0 Å². The van der Waals surface area contributed by atoms with Gasteiger partial charge in [-0.15, -0.1) is 11.8 Å². The molecule has 0 amide bonds. The summed E-state index contributed by atoms with van der Waals surface area (Å²) in [6, 6.07) is 0. The van der Waals surface area contributed by atoms with Crippen molar-refractivity contribution in [3.8, 4) is 0 Å². The molecule has 0 bridgehead atoms. The van der Waals surface area contributed by atoms with Gasteiger partial charge in [0, 0.05) is 5.75 Å². The molecule has 0 saturated heterocycles. The third-order valence-electron chi connectivity index (χ3n) is 1.19. The number of carbonyl (C=O) groups excluding carboxylic acids is 1. The molecule has 0 aromatic carbocycles. The fourth-order valence-corrected chi connectivity index (χ4v) is 1.72. The Labute approximate surface area is 78.2 Å². The van der Waals surface area contributed by atoms with Gasteiger partial charge in [0.1, 0.15) is 5.03 Å². The van der Waals surface area contributed by atoms with Crippen LogP contribution in [0.5, 0.6) is 0 Å². The minimum Gasteiger partial charge on any atom is -0.427 e. The molecule has 12 heavy (non-hydrogen) atoms. The first-order valence-corrected chi connectivity index (χ1v) is 4.55. The van der Waals surface area contributed by atoms with E-state index in [2.05, 4.69) is 4.74 Å². The van der Waals surface area contributed by atoms with Crippen molar-refractivity contribution in [3.63, 3.8) is 0 Å². The van der Waals surface area contributed by atoms with Crippen LogP contribution in [-0.4, -0.2) is 34.8 Å². The van der Waals surface area contributed by atoms with E-state index in [1.165, 1.54) is 0 Å². The molecule has 4 nitrogen and oxygen atoms in total. The number of hydrogen-bond acceptors (Lipinski definition) is 5. The molecule has 1 heterocycles. The van der Waals surface area contributed by atoms with Crippen molar-refractivity contribution in [1.82, 2.24) is 0 Å². The third kappa shape index (κ3) is 1.92. The van der Waals surface area contributed by atoms with E-state index in [0.29, 0.717) is 5.75 Å². The SMILES string of the molecule is O=C1OC(O)C(SCCO)=C1Cl. The topological polar surface area (TPSA) is 66.8 Å². The van der Waals surface area contributed by atoms with E-state index >= 15 is 0 Å². The lowest BCUT2D eigenvalue weighted by Gasteiger charge is -2.04. The van der Waals surface area contributed by atoms with Crippen LogP contribution in [0.3, 0.4) is 0 Å². The molecule has 0 aromatic heterocycles. The Balaban J connectivity index is 2.65. The first-order chi connectivity index (χ1) is 5.66. The summed E-state index contributed by atoms with van der Waals surface area (Å²) in [7, 11) is 0. The molecule has 1 atom stereocenters. The summed E-state index contributed by atoms with van der Waals surface area (Å²) in [6.07, 6.45) is -1.26. The second-order valence-electron chi connectivity index (χ2n) is 2.01. The maximum Gasteiger partial charge on any atom is 0.353 e. The maximum absolute atomic E-state index is 10.7. The molecular formula is C6H7ClO4S. The van der Waals surface area contributed by atoms with Crippen molar-refractivity contribution < 1.29 is 19.7 Å². The van der Waals surface area contributed by atoms with Crippen LogP contribution in [-0.2, 0) is 9.53 Å². The molecule has 0 aliphatic carbocycles. The number of halogens is 1. The molecule has 1 rings (SSSR count). The molecule has 0 saturated carbocycles. The first kappa shape index (κ1) is 9.85. The Kier molecular flexibility index (Phi) is 3.39. The van der Waals surface area contributed by atoms with Crippen LogP contribution >= 0.6 is 23.4 Å². The van der Waals surface area contributed by atoms with E-state index in [-0.39, 0.29) is 16.5 Å². The highest BCUT2D eigenvalue weighted by atomic mass is 35.5. The maximum atomic E-state index is 10.7. The number of ether oxygens (including phenoxy) is 1. The first-order valence-electron chi connectivity index (χ1n) is 3.19. The third-order valence-corrected chi connectivity index (χ3v) is 2.76. The number of thioether (sulfide) groups is 1. The van der Waals surface area contributed by atoms with E-state index in [0.717, 1.165) is 11.8 Å². The second-order valence-corrected chi connectivity index (χ2v) is 3.52. The lowest BCUT2D eigenvalue weighted by atomic mass is 10.5. The van der Waals surface area contributed by atoms with Gasteiger partial charge in [-0.05, 0) is 0 Å². The summed E-state index contributed by atoms with van der Waals surface area (Å²) < 4.78 is 4.39. The number of aliphatic hydroxyl groups is 2. The van der Waals surface area contributed by atoms with Crippen LogP contribution < -0.4 is 0 Å².